The smallest absolute Gasteiger partial charge is 0.227 e. The maximum Gasteiger partial charge on any atom is 0.227 e. The summed E-state index contributed by atoms with van der Waals surface area (Å²) in [4.78, 5) is 18.2. The summed E-state index contributed by atoms with van der Waals surface area (Å²) in [5.41, 5.74) is 11.5. The Morgan fingerprint density at radius 2 is 2.00 bits per heavy atom. The van der Waals surface area contributed by atoms with Crippen LogP contribution in [0.15, 0.2) is 17.5 Å². The van der Waals surface area contributed by atoms with Crippen LogP contribution in [-0.2, 0) is 17.6 Å². The second-order valence-corrected chi connectivity index (χ2v) is 5.90. The van der Waals surface area contributed by atoms with Crippen molar-refractivity contribution in [2.45, 2.75) is 19.3 Å². The molecule has 5 heteroatoms. The molecule has 0 bridgehead atoms. The Kier molecular flexibility index (Phi) is 2.20. The average Bonchev–Trinajstić information content (AvgIpc) is 3.01. The molecule has 1 aromatic heterocycles. The van der Waals surface area contributed by atoms with E-state index in [1.807, 2.05) is 10.3 Å². The Bertz CT molecular complexity index is 692. The zero-order chi connectivity index (χ0) is 13.0. The highest BCUT2D eigenvalue weighted by atomic mass is 32.1. The summed E-state index contributed by atoms with van der Waals surface area (Å²) in [6.07, 6.45) is 2.40. The predicted molar refractivity (Wildman–Crippen MR) is 76.3 cm³/mol. The van der Waals surface area contributed by atoms with Crippen molar-refractivity contribution in [2.24, 2.45) is 0 Å². The lowest BCUT2D eigenvalue weighted by Crippen LogP contribution is -2.32. The highest BCUT2D eigenvalue weighted by molar-refractivity contribution is 7.13. The lowest BCUT2D eigenvalue weighted by molar-refractivity contribution is -0.118. The number of thiazole rings is 1. The van der Waals surface area contributed by atoms with Gasteiger partial charge in [-0.25, -0.2) is 4.98 Å². The Labute approximate surface area is 114 Å². The third-order valence-electron chi connectivity index (χ3n) is 3.87. The van der Waals surface area contributed by atoms with E-state index < -0.39 is 0 Å². The number of aromatic nitrogens is 1. The van der Waals surface area contributed by atoms with Crippen LogP contribution in [0.5, 0.6) is 0 Å². The van der Waals surface area contributed by atoms with Gasteiger partial charge in [0, 0.05) is 23.9 Å². The molecule has 3 heterocycles. The first-order valence-corrected chi connectivity index (χ1v) is 7.28. The van der Waals surface area contributed by atoms with Crippen LogP contribution >= 0.6 is 11.3 Å². The highest BCUT2D eigenvalue weighted by Crippen LogP contribution is 2.39. The number of nitrogens with zero attached hydrogens (tertiary/aromatic N) is 2. The maximum absolute atomic E-state index is 11.9. The van der Waals surface area contributed by atoms with Gasteiger partial charge in [-0.05, 0) is 36.1 Å². The van der Waals surface area contributed by atoms with Crippen LogP contribution in [0.2, 0.25) is 0 Å². The van der Waals surface area contributed by atoms with E-state index in [0.29, 0.717) is 11.6 Å². The third-order valence-corrected chi connectivity index (χ3v) is 4.54. The van der Waals surface area contributed by atoms with Crippen LogP contribution in [0.25, 0.3) is 11.3 Å². The molecule has 0 aliphatic carbocycles. The number of amides is 1. The average molecular weight is 271 g/mol. The van der Waals surface area contributed by atoms with Crippen molar-refractivity contribution in [2.75, 3.05) is 17.2 Å². The minimum absolute atomic E-state index is 0.261. The first-order chi connectivity index (χ1) is 9.22. The Balaban J connectivity index is 1.88. The molecule has 0 saturated carbocycles. The molecule has 96 valence electrons. The monoisotopic (exact) mass is 271 g/mol. The Morgan fingerprint density at radius 1 is 1.21 bits per heavy atom. The zero-order valence-corrected chi connectivity index (χ0v) is 11.2. The van der Waals surface area contributed by atoms with Crippen LogP contribution in [0, 0.1) is 0 Å². The van der Waals surface area contributed by atoms with Crippen molar-refractivity contribution >= 4 is 28.1 Å². The molecule has 2 aromatic rings. The molecule has 2 N–H and O–H groups in total. The molecule has 0 unspecified atom stereocenters. The molecule has 1 aromatic carbocycles. The number of carbonyl (C=O) groups is 1. The van der Waals surface area contributed by atoms with Crippen molar-refractivity contribution in [3.8, 4) is 11.3 Å². The van der Waals surface area contributed by atoms with Gasteiger partial charge in [-0.3, -0.25) is 4.79 Å². The fraction of sp³-hybridized carbons (Fsp3) is 0.286. The molecule has 2 aliphatic rings. The minimum atomic E-state index is 0.261. The van der Waals surface area contributed by atoms with E-state index in [4.69, 9.17) is 5.73 Å². The van der Waals surface area contributed by atoms with E-state index in [1.54, 1.807) is 0 Å². The molecule has 0 atom stereocenters. The molecule has 4 rings (SSSR count). The summed E-state index contributed by atoms with van der Waals surface area (Å²) in [5.74, 6) is 0.261. The van der Waals surface area contributed by atoms with Crippen molar-refractivity contribution < 1.29 is 4.79 Å². The topological polar surface area (TPSA) is 59.2 Å². The van der Waals surface area contributed by atoms with Gasteiger partial charge >= 0.3 is 0 Å². The van der Waals surface area contributed by atoms with Gasteiger partial charge in [0.1, 0.15) is 0 Å². The number of anilines is 2. The Hall–Kier alpha value is -1.88. The first-order valence-electron chi connectivity index (χ1n) is 6.40. The number of hydrogen-bond acceptors (Lipinski definition) is 4. The number of nitrogens with two attached hydrogens (primary N) is 1. The SMILES string of the molecule is Nc1nc(-c2cc3c4c(c2)CCN4C(=O)CC3)cs1. The molecule has 1 amide bonds. The summed E-state index contributed by atoms with van der Waals surface area (Å²) >= 11 is 1.46. The second kappa shape index (κ2) is 3.81. The lowest BCUT2D eigenvalue weighted by Gasteiger charge is -2.25. The van der Waals surface area contributed by atoms with E-state index in [0.717, 1.165) is 36.3 Å². The van der Waals surface area contributed by atoms with Crippen LogP contribution in [0.4, 0.5) is 10.8 Å². The molecule has 0 saturated heterocycles. The van der Waals surface area contributed by atoms with Gasteiger partial charge in [0.25, 0.3) is 0 Å². The fourth-order valence-corrected chi connectivity index (χ4v) is 3.60. The normalized spacial score (nSPS) is 16.8. The number of nitrogen functional groups attached to an aromatic ring is 1. The van der Waals surface area contributed by atoms with Gasteiger partial charge in [0.15, 0.2) is 5.13 Å². The predicted octanol–water partition coefficient (Wildman–Crippen LogP) is 2.23. The summed E-state index contributed by atoms with van der Waals surface area (Å²) in [5, 5.41) is 2.59. The molecule has 2 aliphatic heterocycles. The van der Waals surface area contributed by atoms with E-state index in [9.17, 15) is 4.79 Å². The molecule has 0 spiro atoms. The standard InChI is InChI=1S/C14H13N3OS/c15-14-16-11(7-19-14)10-5-8-1-2-12(18)17-4-3-9(6-10)13(8)17/h5-7H,1-4H2,(H2,15,16). The molecule has 4 nitrogen and oxygen atoms in total. The number of carbonyl (C=O) groups excluding carboxylic acids is 1. The molecule has 19 heavy (non-hydrogen) atoms. The third kappa shape index (κ3) is 1.58. The molecular weight excluding hydrogens is 258 g/mol. The van der Waals surface area contributed by atoms with E-state index in [2.05, 4.69) is 17.1 Å². The van der Waals surface area contributed by atoms with Gasteiger partial charge in [0.2, 0.25) is 5.91 Å². The van der Waals surface area contributed by atoms with E-state index in [1.165, 1.54) is 22.5 Å². The molecular formula is C14H13N3OS. The van der Waals surface area contributed by atoms with Crippen LogP contribution in [0.1, 0.15) is 17.5 Å². The zero-order valence-electron chi connectivity index (χ0n) is 10.3. The minimum Gasteiger partial charge on any atom is -0.375 e. The van der Waals surface area contributed by atoms with Crippen LogP contribution in [-0.4, -0.2) is 17.4 Å². The largest absolute Gasteiger partial charge is 0.375 e. The fourth-order valence-electron chi connectivity index (χ4n) is 3.03. The number of rotatable bonds is 1. The van der Waals surface area contributed by atoms with Crippen molar-refractivity contribution in [3.05, 3.63) is 28.6 Å². The van der Waals surface area contributed by atoms with Gasteiger partial charge in [-0.2, -0.15) is 0 Å². The number of benzene rings is 1. The number of hydrogen-bond donors (Lipinski definition) is 1. The van der Waals surface area contributed by atoms with E-state index in [-0.39, 0.29) is 5.91 Å². The van der Waals surface area contributed by atoms with Gasteiger partial charge < -0.3 is 10.6 Å². The quantitative estimate of drug-likeness (QED) is 0.865. The van der Waals surface area contributed by atoms with Crippen molar-refractivity contribution in [1.29, 1.82) is 0 Å². The summed E-state index contributed by atoms with van der Waals surface area (Å²) in [6.45, 7) is 0.823. The second-order valence-electron chi connectivity index (χ2n) is 5.01. The van der Waals surface area contributed by atoms with E-state index >= 15 is 0 Å². The number of aryl methyl sites for hydroxylation is 1. The van der Waals surface area contributed by atoms with Crippen LogP contribution in [0.3, 0.4) is 0 Å². The van der Waals surface area contributed by atoms with Gasteiger partial charge in [-0.15, -0.1) is 11.3 Å². The van der Waals surface area contributed by atoms with Gasteiger partial charge in [0.05, 0.1) is 11.4 Å². The Morgan fingerprint density at radius 3 is 2.74 bits per heavy atom. The van der Waals surface area contributed by atoms with Crippen molar-refractivity contribution in [1.82, 2.24) is 4.98 Å². The van der Waals surface area contributed by atoms with Crippen LogP contribution < -0.4 is 10.6 Å². The highest BCUT2D eigenvalue weighted by Gasteiger charge is 2.31. The summed E-state index contributed by atoms with van der Waals surface area (Å²) < 4.78 is 0. The first kappa shape index (κ1) is 11.0. The summed E-state index contributed by atoms with van der Waals surface area (Å²) in [7, 11) is 0. The summed E-state index contributed by atoms with van der Waals surface area (Å²) in [6, 6.07) is 4.32. The maximum atomic E-state index is 11.9. The molecule has 0 fully saturated rings. The van der Waals surface area contributed by atoms with Crippen molar-refractivity contribution in [3.63, 3.8) is 0 Å². The molecule has 0 radical (unpaired) electrons. The lowest BCUT2D eigenvalue weighted by atomic mass is 9.96. The van der Waals surface area contributed by atoms with Gasteiger partial charge in [-0.1, -0.05) is 0 Å².